The van der Waals surface area contributed by atoms with Crippen LogP contribution in [0.25, 0.3) is 21.9 Å². The fraction of sp³-hybridized carbons (Fsp3) is 0.312. The zero-order valence-electron chi connectivity index (χ0n) is 26.3. The summed E-state index contributed by atoms with van der Waals surface area (Å²) in [5.74, 6) is -0.666. The van der Waals surface area contributed by atoms with Gasteiger partial charge in [-0.15, -0.1) is 0 Å². The van der Waals surface area contributed by atoms with Crippen LogP contribution in [-0.2, 0) is 20.2 Å². The lowest BCUT2D eigenvalue weighted by atomic mass is 10.00. The SMILES string of the molecule is CCCCCCC.CNc1ccc(-c2ccc(N)c(C)c2)cc1C.Nc1ccc2c(S(=O)(=O)O)cc(S(=O)(=O)O)c(N)c2c1O. The number of unbranched alkanes of at least 4 members (excludes halogenated alkanes) is 4. The molecule has 0 amide bonds. The lowest BCUT2D eigenvalue weighted by molar-refractivity contribution is 0.481. The number of phenols is 1. The Kier molecular flexibility index (Phi) is 13.0. The predicted octanol–water partition coefficient (Wildman–Crippen LogP) is 6.77. The fourth-order valence-corrected chi connectivity index (χ4v) is 6.00. The van der Waals surface area contributed by atoms with Crippen molar-refractivity contribution in [3.05, 3.63) is 65.7 Å². The normalized spacial score (nSPS) is 11.3. The van der Waals surface area contributed by atoms with Crippen LogP contribution in [0, 0.1) is 13.8 Å². The van der Waals surface area contributed by atoms with E-state index in [1.165, 1.54) is 54.5 Å². The molecule has 0 aliphatic heterocycles. The molecule has 0 saturated carbocycles. The number of nitrogens with two attached hydrogens (primary N) is 3. The standard InChI is InChI=1S/C15H18N2.C10H10N2O7S2.C7H16/c1-10-8-12(4-6-14(10)16)13-5-7-15(17-3)11(2)9-13;11-5-2-1-4-6(20(14,15)16)3-7(21(17,18)19)9(12)8(4)10(5)13;1-3-5-7-6-4-2/h4-9,17H,16H2,1-3H3;1-3,13H,11-12H2,(H,14,15,16)(H,17,18,19);3-7H2,1-2H3. The maximum Gasteiger partial charge on any atom is 0.296 e. The Morgan fingerprint density at radius 3 is 1.67 bits per heavy atom. The van der Waals surface area contributed by atoms with Gasteiger partial charge in [0.25, 0.3) is 20.2 Å². The van der Waals surface area contributed by atoms with Crippen LogP contribution in [0.3, 0.4) is 0 Å². The molecule has 0 spiro atoms. The fourth-order valence-electron chi connectivity index (χ4n) is 4.57. The molecule has 0 atom stereocenters. The van der Waals surface area contributed by atoms with Gasteiger partial charge in [0.1, 0.15) is 15.5 Å². The van der Waals surface area contributed by atoms with E-state index in [1.54, 1.807) is 0 Å². The van der Waals surface area contributed by atoms with Crippen LogP contribution in [0.4, 0.5) is 22.7 Å². The number of benzene rings is 4. The van der Waals surface area contributed by atoms with E-state index >= 15 is 0 Å². The van der Waals surface area contributed by atoms with Crippen molar-refractivity contribution in [2.45, 2.75) is 69.6 Å². The van der Waals surface area contributed by atoms with E-state index in [0.29, 0.717) is 6.07 Å². The Balaban J connectivity index is 0.000000263. The number of nitrogen functional groups attached to an aromatic ring is 3. The summed E-state index contributed by atoms with van der Waals surface area (Å²) in [5, 5.41) is 12.4. The molecule has 45 heavy (non-hydrogen) atoms. The molecule has 0 aliphatic carbocycles. The molecule has 10 N–H and O–H groups in total. The van der Waals surface area contributed by atoms with Crippen LogP contribution in [0.2, 0.25) is 0 Å². The Morgan fingerprint density at radius 2 is 1.20 bits per heavy atom. The summed E-state index contributed by atoms with van der Waals surface area (Å²) in [6.45, 7) is 8.64. The Labute approximate surface area is 266 Å². The summed E-state index contributed by atoms with van der Waals surface area (Å²) in [5.41, 5.74) is 22.9. The minimum Gasteiger partial charge on any atom is -0.505 e. The van der Waals surface area contributed by atoms with Gasteiger partial charge in [0.2, 0.25) is 0 Å². The molecule has 0 aliphatic rings. The van der Waals surface area contributed by atoms with Gasteiger partial charge in [0.05, 0.1) is 16.8 Å². The van der Waals surface area contributed by atoms with Crippen molar-refractivity contribution >= 4 is 53.8 Å². The molecule has 4 aromatic rings. The summed E-state index contributed by atoms with van der Waals surface area (Å²) < 4.78 is 63.5. The van der Waals surface area contributed by atoms with E-state index in [9.17, 15) is 26.5 Å². The molecule has 4 rings (SSSR count). The van der Waals surface area contributed by atoms with Crippen LogP contribution < -0.4 is 22.5 Å². The topological polar surface area (TPSA) is 219 Å². The van der Waals surface area contributed by atoms with Crippen molar-refractivity contribution in [1.29, 1.82) is 0 Å². The van der Waals surface area contributed by atoms with Crippen LogP contribution in [0.1, 0.15) is 57.1 Å². The molecule has 0 fully saturated rings. The summed E-state index contributed by atoms with van der Waals surface area (Å²) in [4.78, 5) is -1.81. The molecule has 0 unspecified atom stereocenters. The number of aromatic hydroxyl groups is 1. The van der Waals surface area contributed by atoms with Gasteiger partial charge in [-0.1, -0.05) is 64.2 Å². The zero-order valence-corrected chi connectivity index (χ0v) is 27.9. The zero-order chi connectivity index (χ0) is 34.1. The molecule has 0 aromatic heterocycles. The van der Waals surface area contributed by atoms with E-state index in [0.717, 1.165) is 23.4 Å². The van der Waals surface area contributed by atoms with Gasteiger partial charge in [0, 0.05) is 23.8 Å². The summed E-state index contributed by atoms with van der Waals surface area (Å²) in [6, 6.07) is 15.4. The lowest BCUT2D eigenvalue weighted by Gasteiger charge is -2.13. The number of hydrogen-bond acceptors (Lipinski definition) is 9. The van der Waals surface area contributed by atoms with Crippen molar-refractivity contribution in [2.75, 3.05) is 29.6 Å². The minimum atomic E-state index is -4.89. The van der Waals surface area contributed by atoms with E-state index < -0.39 is 46.9 Å². The first-order chi connectivity index (χ1) is 21.0. The average molecular weight is 661 g/mol. The summed E-state index contributed by atoms with van der Waals surface area (Å²) in [7, 11) is -7.79. The van der Waals surface area contributed by atoms with Gasteiger partial charge in [0.15, 0.2) is 0 Å². The molecule has 0 saturated heterocycles. The van der Waals surface area contributed by atoms with Crippen molar-refractivity contribution in [2.24, 2.45) is 0 Å². The molecule has 4 aromatic carbocycles. The Hall–Kier alpha value is -4.04. The minimum absolute atomic E-state index is 0.192. The first-order valence-corrected chi connectivity index (χ1v) is 17.3. The molecule has 0 heterocycles. The van der Waals surface area contributed by atoms with Crippen molar-refractivity contribution in [1.82, 2.24) is 0 Å². The van der Waals surface area contributed by atoms with Crippen LogP contribution in [-0.4, -0.2) is 38.1 Å². The van der Waals surface area contributed by atoms with E-state index in [4.69, 9.17) is 21.8 Å². The highest BCUT2D eigenvalue weighted by Crippen LogP contribution is 2.41. The third-order valence-electron chi connectivity index (χ3n) is 7.13. The van der Waals surface area contributed by atoms with E-state index in [2.05, 4.69) is 56.4 Å². The second-order valence-electron chi connectivity index (χ2n) is 10.6. The molecule has 13 heteroatoms. The number of hydrogen-bond donors (Lipinski definition) is 7. The van der Waals surface area contributed by atoms with Crippen molar-refractivity contribution in [3.63, 3.8) is 0 Å². The smallest absolute Gasteiger partial charge is 0.296 e. The number of phenolic OH excluding ortho intramolecular Hbond substituents is 1. The number of rotatable bonds is 8. The lowest BCUT2D eigenvalue weighted by Crippen LogP contribution is -2.08. The summed E-state index contributed by atoms with van der Waals surface area (Å²) in [6.07, 6.45) is 7.01. The molecule has 11 nitrogen and oxygen atoms in total. The highest BCUT2D eigenvalue weighted by molar-refractivity contribution is 7.87. The van der Waals surface area contributed by atoms with E-state index in [1.807, 2.05) is 20.0 Å². The average Bonchev–Trinajstić information content (AvgIpc) is 2.96. The molecular formula is C32H44N4O7S2. The number of aryl methyl sites for hydroxylation is 2. The van der Waals surface area contributed by atoms with Crippen LogP contribution in [0.5, 0.6) is 5.75 Å². The Morgan fingerprint density at radius 1 is 0.689 bits per heavy atom. The van der Waals surface area contributed by atoms with Gasteiger partial charge < -0.3 is 27.6 Å². The predicted molar refractivity (Wildman–Crippen MR) is 184 cm³/mol. The van der Waals surface area contributed by atoms with Crippen molar-refractivity contribution < 1.29 is 31.0 Å². The first-order valence-electron chi connectivity index (χ1n) is 14.4. The molecule has 0 bridgehead atoms. The van der Waals surface area contributed by atoms with Gasteiger partial charge in [-0.05, 0) is 72.5 Å². The van der Waals surface area contributed by atoms with Crippen LogP contribution >= 0.6 is 0 Å². The maximum absolute atomic E-state index is 11.4. The third kappa shape index (κ3) is 9.72. The van der Waals surface area contributed by atoms with Gasteiger partial charge in [-0.25, -0.2) is 0 Å². The van der Waals surface area contributed by atoms with Crippen molar-refractivity contribution in [3.8, 4) is 16.9 Å². The largest absolute Gasteiger partial charge is 0.505 e. The second-order valence-corrected chi connectivity index (χ2v) is 13.4. The maximum atomic E-state index is 11.4. The molecule has 0 radical (unpaired) electrons. The number of anilines is 4. The highest BCUT2D eigenvalue weighted by atomic mass is 32.2. The third-order valence-corrected chi connectivity index (χ3v) is 8.92. The number of nitrogens with one attached hydrogen (secondary N) is 1. The number of fused-ring (bicyclic) bond motifs is 1. The first kappa shape index (κ1) is 37.1. The van der Waals surface area contributed by atoms with E-state index in [-0.39, 0.29) is 11.1 Å². The van der Waals surface area contributed by atoms with Gasteiger partial charge in [-0.2, -0.15) is 16.8 Å². The quantitative estimate of drug-likeness (QED) is 0.0452. The monoisotopic (exact) mass is 660 g/mol. The van der Waals surface area contributed by atoms with Crippen LogP contribution in [0.15, 0.2) is 64.4 Å². The summed E-state index contributed by atoms with van der Waals surface area (Å²) >= 11 is 0. The Bertz CT molecular complexity index is 1860. The second kappa shape index (κ2) is 15.8. The highest BCUT2D eigenvalue weighted by Gasteiger charge is 2.26. The van der Waals surface area contributed by atoms with Gasteiger partial charge in [-0.3, -0.25) is 9.11 Å². The molecular weight excluding hydrogens is 617 g/mol. The van der Waals surface area contributed by atoms with Gasteiger partial charge >= 0.3 is 0 Å². The molecule has 246 valence electrons.